The van der Waals surface area contributed by atoms with E-state index in [4.69, 9.17) is 5.21 Å². The molecule has 0 spiro atoms. The van der Waals surface area contributed by atoms with Crippen molar-refractivity contribution in [3.63, 3.8) is 0 Å². The second kappa shape index (κ2) is 5.51. The number of carbonyl (C=O) groups is 1. The van der Waals surface area contributed by atoms with Crippen molar-refractivity contribution in [1.29, 1.82) is 0 Å². The summed E-state index contributed by atoms with van der Waals surface area (Å²) >= 11 is 0. The average molecular weight is 222 g/mol. The zero-order valence-electron chi connectivity index (χ0n) is 9.90. The number of nitrogens with one attached hydrogen (secondary N) is 1. The summed E-state index contributed by atoms with van der Waals surface area (Å²) in [7, 11) is 3.97. The number of rotatable bonds is 4. The van der Waals surface area contributed by atoms with E-state index in [1.54, 1.807) is 12.4 Å². The van der Waals surface area contributed by atoms with E-state index < -0.39 is 0 Å². The van der Waals surface area contributed by atoms with Crippen LogP contribution in [-0.2, 0) is 11.2 Å². The largest absolute Gasteiger partial charge is 0.378 e. The molecule has 0 aliphatic rings. The Morgan fingerprint density at radius 2 is 1.94 bits per heavy atom. The van der Waals surface area contributed by atoms with E-state index in [0.29, 0.717) is 6.42 Å². The van der Waals surface area contributed by atoms with Crippen LogP contribution in [0.25, 0.3) is 0 Å². The van der Waals surface area contributed by atoms with Gasteiger partial charge in [-0.3, -0.25) is 10.0 Å². The van der Waals surface area contributed by atoms with Crippen LogP contribution < -0.4 is 10.4 Å². The number of nitrogens with zero attached hydrogens (tertiary/aromatic N) is 1. The first-order valence-electron chi connectivity index (χ1n) is 5.24. The van der Waals surface area contributed by atoms with Gasteiger partial charge >= 0.3 is 0 Å². The fourth-order valence-corrected chi connectivity index (χ4v) is 1.49. The molecule has 1 rings (SSSR count). The van der Waals surface area contributed by atoms with Gasteiger partial charge in [-0.1, -0.05) is 19.1 Å². The number of anilines is 1. The van der Waals surface area contributed by atoms with Crippen LogP contribution in [0.15, 0.2) is 24.3 Å². The molecule has 0 fully saturated rings. The van der Waals surface area contributed by atoms with Gasteiger partial charge in [0.25, 0.3) is 0 Å². The Labute approximate surface area is 95.8 Å². The monoisotopic (exact) mass is 222 g/mol. The lowest BCUT2D eigenvalue weighted by atomic mass is 10.0. The van der Waals surface area contributed by atoms with Gasteiger partial charge in [-0.25, -0.2) is 5.48 Å². The van der Waals surface area contributed by atoms with E-state index in [9.17, 15) is 4.79 Å². The van der Waals surface area contributed by atoms with Crippen molar-refractivity contribution in [1.82, 2.24) is 5.48 Å². The molecule has 1 aromatic rings. The highest BCUT2D eigenvalue weighted by Crippen LogP contribution is 2.15. The van der Waals surface area contributed by atoms with Crippen LogP contribution in [0.1, 0.15) is 12.5 Å². The molecule has 0 heterocycles. The smallest absolute Gasteiger partial charge is 0.246 e. The molecule has 1 aromatic carbocycles. The van der Waals surface area contributed by atoms with Gasteiger partial charge in [0.1, 0.15) is 0 Å². The van der Waals surface area contributed by atoms with Gasteiger partial charge in [0, 0.05) is 25.7 Å². The predicted molar refractivity (Wildman–Crippen MR) is 63.6 cm³/mol. The van der Waals surface area contributed by atoms with Crippen molar-refractivity contribution in [2.24, 2.45) is 5.92 Å². The number of hydrogen-bond acceptors (Lipinski definition) is 3. The minimum atomic E-state index is -0.350. The first kappa shape index (κ1) is 12.5. The quantitative estimate of drug-likeness (QED) is 0.598. The van der Waals surface area contributed by atoms with E-state index in [0.717, 1.165) is 11.3 Å². The molecule has 0 radical (unpaired) electrons. The van der Waals surface area contributed by atoms with Gasteiger partial charge in [0.05, 0.1) is 0 Å². The average Bonchev–Trinajstić information content (AvgIpc) is 2.28. The van der Waals surface area contributed by atoms with Gasteiger partial charge in [0.15, 0.2) is 0 Å². The van der Waals surface area contributed by atoms with Gasteiger partial charge in [-0.15, -0.1) is 0 Å². The molecule has 1 unspecified atom stereocenters. The van der Waals surface area contributed by atoms with E-state index in [1.807, 2.05) is 43.3 Å². The first-order valence-corrected chi connectivity index (χ1v) is 5.24. The molecule has 88 valence electrons. The molecular weight excluding hydrogens is 204 g/mol. The summed E-state index contributed by atoms with van der Waals surface area (Å²) in [5.41, 5.74) is 3.88. The molecule has 0 aromatic heterocycles. The van der Waals surface area contributed by atoms with E-state index >= 15 is 0 Å². The second-order valence-corrected chi connectivity index (χ2v) is 4.14. The van der Waals surface area contributed by atoms with Crippen LogP contribution in [0.4, 0.5) is 5.69 Å². The Morgan fingerprint density at radius 1 is 1.38 bits per heavy atom. The number of hydroxylamine groups is 1. The lowest BCUT2D eigenvalue weighted by Crippen LogP contribution is -2.27. The van der Waals surface area contributed by atoms with Gasteiger partial charge in [-0.05, 0) is 24.1 Å². The lowest BCUT2D eigenvalue weighted by Gasteiger charge is -2.13. The van der Waals surface area contributed by atoms with Crippen LogP contribution >= 0.6 is 0 Å². The second-order valence-electron chi connectivity index (χ2n) is 4.14. The van der Waals surface area contributed by atoms with E-state index in [1.165, 1.54) is 0 Å². The van der Waals surface area contributed by atoms with Crippen LogP contribution in [0, 0.1) is 5.92 Å². The Hall–Kier alpha value is -1.55. The van der Waals surface area contributed by atoms with Gasteiger partial charge < -0.3 is 4.90 Å². The third kappa shape index (κ3) is 3.24. The molecule has 4 heteroatoms. The SMILES string of the molecule is CC(Cc1ccc(N(C)C)cc1)C(=O)NO. The van der Waals surface area contributed by atoms with Crippen molar-refractivity contribution < 1.29 is 10.0 Å². The van der Waals surface area contributed by atoms with Crippen molar-refractivity contribution in [3.05, 3.63) is 29.8 Å². The Bertz CT molecular complexity index is 347. The van der Waals surface area contributed by atoms with Crippen molar-refractivity contribution >= 4 is 11.6 Å². The summed E-state index contributed by atoms with van der Waals surface area (Å²) in [6.45, 7) is 1.78. The number of carbonyl (C=O) groups excluding carboxylic acids is 1. The maximum atomic E-state index is 11.1. The topological polar surface area (TPSA) is 52.6 Å². The molecule has 0 saturated heterocycles. The van der Waals surface area contributed by atoms with E-state index in [-0.39, 0.29) is 11.8 Å². The van der Waals surface area contributed by atoms with Crippen molar-refractivity contribution in [2.45, 2.75) is 13.3 Å². The zero-order valence-corrected chi connectivity index (χ0v) is 9.90. The van der Waals surface area contributed by atoms with Crippen molar-refractivity contribution in [2.75, 3.05) is 19.0 Å². The molecule has 1 atom stereocenters. The van der Waals surface area contributed by atoms with Crippen molar-refractivity contribution in [3.8, 4) is 0 Å². The highest BCUT2D eigenvalue weighted by atomic mass is 16.5. The van der Waals surface area contributed by atoms with Crippen LogP contribution in [0.2, 0.25) is 0 Å². The molecule has 0 saturated carbocycles. The molecule has 16 heavy (non-hydrogen) atoms. The standard InChI is InChI=1S/C12H18N2O2/c1-9(12(15)13-16)8-10-4-6-11(7-5-10)14(2)3/h4-7,9,16H,8H2,1-3H3,(H,13,15). The molecule has 1 amide bonds. The molecule has 0 aliphatic carbocycles. The fraction of sp³-hybridized carbons (Fsp3) is 0.417. The summed E-state index contributed by atoms with van der Waals surface area (Å²) in [4.78, 5) is 13.1. The predicted octanol–water partition coefficient (Wildman–Crippen LogP) is 1.44. The summed E-state index contributed by atoms with van der Waals surface area (Å²) in [5.74, 6) is -0.577. The highest BCUT2D eigenvalue weighted by Gasteiger charge is 2.12. The number of hydrogen-bond donors (Lipinski definition) is 2. The summed E-state index contributed by atoms with van der Waals surface area (Å²) in [6.07, 6.45) is 0.625. The number of benzene rings is 1. The third-order valence-electron chi connectivity index (χ3n) is 2.55. The van der Waals surface area contributed by atoms with Gasteiger partial charge in [-0.2, -0.15) is 0 Å². The number of amides is 1. The minimum absolute atomic E-state index is 0.227. The Balaban J connectivity index is 2.65. The van der Waals surface area contributed by atoms with Gasteiger partial charge in [0.2, 0.25) is 5.91 Å². The Morgan fingerprint density at radius 3 is 2.38 bits per heavy atom. The molecule has 4 nitrogen and oxygen atoms in total. The molecule has 0 bridgehead atoms. The fourth-order valence-electron chi connectivity index (χ4n) is 1.49. The van der Waals surface area contributed by atoms with Crippen LogP contribution in [-0.4, -0.2) is 25.2 Å². The zero-order chi connectivity index (χ0) is 12.1. The third-order valence-corrected chi connectivity index (χ3v) is 2.55. The van der Waals surface area contributed by atoms with E-state index in [2.05, 4.69) is 0 Å². The normalized spacial score (nSPS) is 12.0. The molecular formula is C12H18N2O2. The molecule has 0 aliphatic heterocycles. The maximum Gasteiger partial charge on any atom is 0.246 e. The summed E-state index contributed by atoms with van der Waals surface area (Å²) in [6, 6.07) is 8.02. The maximum absolute atomic E-state index is 11.1. The Kier molecular flexibility index (Phi) is 4.31. The minimum Gasteiger partial charge on any atom is -0.378 e. The summed E-state index contributed by atoms with van der Waals surface area (Å²) in [5, 5.41) is 8.49. The van der Waals surface area contributed by atoms with Crippen LogP contribution in [0.3, 0.4) is 0 Å². The first-order chi connectivity index (χ1) is 7.54. The van der Waals surface area contributed by atoms with Crippen LogP contribution in [0.5, 0.6) is 0 Å². The summed E-state index contributed by atoms with van der Waals surface area (Å²) < 4.78 is 0. The highest BCUT2D eigenvalue weighted by molar-refractivity contribution is 5.77. The molecule has 2 N–H and O–H groups in total. The lowest BCUT2D eigenvalue weighted by molar-refractivity contribution is -0.132.